The average Bonchev–Trinajstić information content (AvgIpc) is 2.57. The Bertz CT molecular complexity index is 638. The first-order valence-corrected chi connectivity index (χ1v) is 9.56. The number of thioether (sulfide) groups is 1. The lowest BCUT2D eigenvalue weighted by molar-refractivity contribution is 0.310. The molecule has 0 aliphatic carbocycles. The van der Waals surface area contributed by atoms with Crippen molar-refractivity contribution in [2.24, 2.45) is 0 Å². The molecular formula is C18H25ClN2O2S. The van der Waals surface area contributed by atoms with Gasteiger partial charge in [-0.05, 0) is 49.3 Å². The van der Waals surface area contributed by atoms with Gasteiger partial charge in [0.15, 0.2) is 11.5 Å². The van der Waals surface area contributed by atoms with E-state index in [1.165, 1.54) is 0 Å². The lowest BCUT2D eigenvalue weighted by Crippen LogP contribution is -2.04. The standard InChI is InChI=1S/C16H19ClN2O2.C2H6S/c1-3-21-15-9-11(7-8-14(15)20-2)10-19-13-6-4-5-12(17)16(13)18;1-3-2/h4-9,19H,3,10,18H2,1-2H3;1-2H3. The van der Waals surface area contributed by atoms with Crippen LogP contribution in [0.15, 0.2) is 36.4 Å². The molecule has 0 aliphatic rings. The molecule has 3 N–H and O–H groups in total. The van der Waals surface area contributed by atoms with Crippen molar-refractivity contribution in [1.29, 1.82) is 0 Å². The van der Waals surface area contributed by atoms with Gasteiger partial charge in [-0.25, -0.2) is 0 Å². The minimum Gasteiger partial charge on any atom is -0.493 e. The third-order valence-electron chi connectivity index (χ3n) is 3.06. The van der Waals surface area contributed by atoms with E-state index in [4.69, 9.17) is 26.8 Å². The van der Waals surface area contributed by atoms with Crippen LogP contribution >= 0.6 is 23.4 Å². The van der Waals surface area contributed by atoms with Crippen LogP contribution in [0.3, 0.4) is 0 Å². The molecule has 2 aromatic rings. The zero-order valence-electron chi connectivity index (χ0n) is 14.6. The maximum atomic E-state index is 6.00. The topological polar surface area (TPSA) is 56.5 Å². The molecule has 0 saturated heterocycles. The number of nitrogen functional groups attached to an aromatic ring is 1. The van der Waals surface area contributed by atoms with Gasteiger partial charge < -0.3 is 20.5 Å². The summed E-state index contributed by atoms with van der Waals surface area (Å²) in [4.78, 5) is 0. The Labute approximate surface area is 153 Å². The van der Waals surface area contributed by atoms with Crippen LogP contribution in [-0.2, 0) is 6.54 Å². The second-order valence-corrected chi connectivity index (χ2v) is 6.10. The maximum Gasteiger partial charge on any atom is 0.161 e. The number of methoxy groups -OCH3 is 1. The fourth-order valence-electron chi connectivity index (χ4n) is 1.99. The number of benzene rings is 2. The van der Waals surface area contributed by atoms with Crippen LogP contribution in [0.4, 0.5) is 11.4 Å². The number of ether oxygens (including phenoxy) is 2. The van der Waals surface area contributed by atoms with Gasteiger partial charge in [-0.15, -0.1) is 0 Å². The fourth-order valence-corrected chi connectivity index (χ4v) is 2.16. The Balaban J connectivity index is 0.000000891. The zero-order chi connectivity index (χ0) is 17.9. The van der Waals surface area contributed by atoms with Crippen LogP contribution in [0.1, 0.15) is 12.5 Å². The summed E-state index contributed by atoms with van der Waals surface area (Å²) in [6.07, 6.45) is 4.08. The Morgan fingerprint density at radius 2 is 1.88 bits per heavy atom. The SMILES string of the molecule is CCOc1cc(CNc2cccc(Cl)c2N)ccc1OC.CSC. The molecule has 4 nitrogen and oxygen atoms in total. The molecule has 0 saturated carbocycles. The van der Waals surface area contributed by atoms with Crippen molar-refractivity contribution in [3.63, 3.8) is 0 Å². The number of rotatable bonds is 6. The van der Waals surface area contributed by atoms with Crippen molar-refractivity contribution in [2.75, 3.05) is 37.3 Å². The summed E-state index contributed by atoms with van der Waals surface area (Å²) in [6.45, 7) is 3.15. The summed E-state index contributed by atoms with van der Waals surface area (Å²) in [5.41, 5.74) is 8.37. The summed E-state index contributed by atoms with van der Waals surface area (Å²) in [5, 5.41) is 3.82. The highest BCUT2D eigenvalue weighted by atomic mass is 35.5. The van der Waals surface area contributed by atoms with E-state index in [0.717, 1.165) is 22.7 Å². The van der Waals surface area contributed by atoms with Gasteiger partial charge in [0, 0.05) is 6.54 Å². The van der Waals surface area contributed by atoms with Gasteiger partial charge in [0.2, 0.25) is 0 Å². The number of para-hydroxylation sites is 1. The highest BCUT2D eigenvalue weighted by Gasteiger charge is 2.06. The van der Waals surface area contributed by atoms with Gasteiger partial charge in [0.1, 0.15) is 0 Å². The molecule has 2 rings (SSSR count). The Kier molecular flexibility index (Phi) is 9.27. The zero-order valence-corrected chi connectivity index (χ0v) is 16.1. The lowest BCUT2D eigenvalue weighted by atomic mass is 10.2. The number of nitrogens with one attached hydrogen (secondary N) is 1. The van der Waals surface area contributed by atoms with Crippen molar-refractivity contribution < 1.29 is 9.47 Å². The summed E-state index contributed by atoms with van der Waals surface area (Å²) >= 11 is 7.75. The second kappa shape index (κ2) is 10.9. The molecule has 2 aromatic carbocycles. The number of hydrogen-bond acceptors (Lipinski definition) is 5. The molecule has 0 aliphatic heterocycles. The number of hydrogen-bond donors (Lipinski definition) is 2. The quantitative estimate of drug-likeness (QED) is 0.708. The molecule has 24 heavy (non-hydrogen) atoms. The summed E-state index contributed by atoms with van der Waals surface area (Å²) in [5.74, 6) is 1.46. The largest absolute Gasteiger partial charge is 0.493 e. The van der Waals surface area contributed by atoms with E-state index in [-0.39, 0.29) is 0 Å². The van der Waals surface area contributed by atoms with Crippen molar-refractivity contribution in [2.45, 2.75) is 13.5 Å². The molecule has 0 aromatic heterocycles. The van der Waals surface area contributed by atoms with Gasteiger partial charge in [-0.1, -0.05) is 23.7 Å². The number of nitrogens with two attached hydrogens (primary N) is 1. The summed E-state index contributed by atoms with van der Waals surface area (Å²) in [7, 11) is 1.63. The number of halogens is 1. The first-order valence-electron chi connectivity index (χ1n) is 7.55. The van der Waals surface area contributed by atoms with Crippen molar-refractivity contribution in [1.82, 2.24) is 0 Å². The molecule has 6 heteroatoms. The van der Waals surface area contributed by atoms with E-state index >= 15 is 0 Å². The summed E-state index contributed by atoms with van der Waals surface area (Å²) < 4.78 is 10.8. The third-order valence-corrected chi connectivity index (χ3v) is 3.39. The highest BCUT2D eigenvalue weighted by Crippen LogP contribution is 2.30. The van der Waals surface area contributed by atoms with Crippen LogP contribution < -0.4 is 20.5 Å². The van der Waals surface area contributed by atoms with Gasteiger partial charge in [-0.2, -0.15) is 11.8 Å². The lowest BCUT2D eigenvalue weighted by Gasteiger charge is -2.13. The highest BCUT2D eigenvalue weighted by molar-refractivity contribution is 7.97. The minimum atomic E-state index is 0.546. The Hall–Kier alpha value is -1.72. The van der Waals surface area contributed by atoms with Crippen molar-refractivity contribution in [3.05, 3.63) is 47.0 Å². The fraction of sp³-hybridized carbons (Fsp3) is 0.333. The van der Waals surface area contributed by atoms with Gasteiger partial charge in [0.25, 0.3) is 0 Å². The molecule has 0 radical (unpaired) electrons. The Morgan fingerprint density at radius 1 is 1.17 bits per heavy atom. The molecule has 0 unspecified atom stereocenters. The van der Waals surface area contributed by atoms with Gasteiger partial charge in [-0.3, -0.25) is 0 Å². The molecule has 0 amide bonds. The van der Waals surface area contributed by atoms with E-state index in [1.54, 1.807) is 24.9 Å². The first kappa shape index (κ1) is 20.3. The average molecular weight is 369 g/mol. The molecule has 0 spiro atoms. The predicted octanol–water partition coefficient (Wildman–Crippen LogP) is 4.92. The van der Waals surface area contributed by atoms with Crippen molar-refractivity contribution in [3.8, 4) is 11.5 Å². The van der Waals surface area contributed by atoms with E-state index < -0.39 is 0 Å². The monoisotopic (exact) mass is 368 g/mol. The minimum absolute atomic E-state index is 0.546. The molecule has 0 fully saturated rings. The van der Waals surface area contributed by atoms with Crippen LogP contribution in [-0.4, -0.2) is 26.2 Å². The maximum absolute atomic E-state index is 6.00. The van der Waals surface area contributed by atoms with Crippen LogP contribution in [0.5, 0.6) is 11.5 Å². The van der Waals surface area contributed by atoms with Gasteiger partial charge >= 0.3 is 0 Å². The number of anilines is 2. The van der Waals surface area contributed by atoms with Crippen LogP contribution in [0.2, 0.25) is 5.02 Å². The van der Waals surface area contributed by atoms with Crippen LogP contribution in [0.25, 0.3) is 0 Å². The van der Waals surface area contributed by atoms with Crippen LogP contribution in [0, 0.1) is 0 Å². The van der Waals surface area contributed by atoms with E-state index in [0.29, 0.717) is 23.9 Å². The normalized spacial score (nSPS) is 9.71. The molecular weight excluding hydrogens is 344 g/mol. The first-order chi connectivity index (χ1) is 11.6. The van der Waals surface area contributed by atoms with E-state index in [2.05, 4.69) is 5.32 Å². The Morgan fingerprint density at radius 3 is 2.50 bits per heavy atom. The second-order valence-electron chi connectivity index (χ2n) is 4.88. The molecule has 0 bridgehead atoms. The summed E-state index contributed by atoms with van der Waals surface area (Å²) in [6, 6.07) is 11.4. The predicted molar refractivity (Wildman–Crippen MR) is 107 cm³/mol. The van der Waals surface area contributed by atoms with E-state index in [1.807, 2.05) is 49.8 Å². The van der Waals surface area contributed by atoms with Crippen molar-refractivity contribution >= 4 is 34.7 Å². The molecule has 0 heterocycles. The van der Waals surface area contributed by atoms with Gasteiger partial charge in [0.05, 0.1) is 30.1 Å². The molecule has 132 valence electrons. The third kappa shape index (κ3) is 6.06. The smallest absolute Gasteiger partial charge is 0.161 e. The van der Waals surface area contributed by atoms with E-state index in [9.17, 15) is 0 Å². The molecule has 0 atom stereocenters.